The molecule has 0 atom stereocenters. The molecule has 0 aliphatic rings. The van der Waals surface area contributed by atoms with E-state index in [0.29, 0.717) is 0 Å². The number of nitro groups is 1. The summed E-state index contributed by atoms with van der Waals surface area (Å²) in [4.78, 5) is 10.2. The average Bonchev–Trinajstić information content (AvgIpc) is 2.79. The molecule has 18 heavy (non-hydrogen) atoms. The van der Waals surface area contributed by atoms with Crippen LogP contribution in [-0.4, -0.2) is 14.7 Å². The maximum absolute atomic E-state index is 10.6. The molecule has 0 unspecified atom stereocenters. The fraction of sp³-hybridized carbons (Fsp3) is 0.182. The number of anilines is 2. The van der Waals surface area contributed by atoms with E-state index in [-0.39, 0.29) is 5.69 Å². The predicted octanol–water partition coefficient (Wildman–Crippen LogP) is 3.16. The zero-order valence-corrected chi connectivity index (χ0v) is 11.8. The summed E-state index contributed by atoms with van der Waals surface area (Å²) in [6.07, 6.45) is 3.61. The Morgan fingerprint density at radius 1 is 1.56 bits per heavy atom. The smallest absolute Gasteiger partial charge is 0.270 e. The Labute approximate surface area is 117 Å². The summed E-state index contributed by atoms with van der Waals surface area (Å²) in [5.74, 6) is 0. The highest BCUT2D eigenvalue weighted by Gasteiger charge is 2.09. The second kappa shape index (κ2) is 5.34. The van der Waals surface area contributed by atoms with Crippen LogP contribution in [0.25, 0.3) is 0 Å². The topological polar surface area (TPSA) is 73.0 Å². The first-order valence-corrected chi connectivity index (χ1v) is 6.41. The summed E-state index contributed by atoms with van der Waals surface area (Å²) < 4.78 is 2.60. The van der Waals surface area contributed by atoms with E-state index in [4.69, 9.17) is 0 Å². The van der Waals surface area contributed by atoms with Gasteiger partial charge in [0.25, 0.3) is 5.69 Å². The Morgan fingerprint density at radius 3 is 2.89 bits per heavy atom. The minimum atomic E-state index is -0.402. The maximum Gasteiger partial charge on any atom is 0.270 e. The number of nitrogens with zero attached hydrogens (tertiary/aromatic N) is 3. The Kier molecular flexibility index (Phi) is 3.80. The first-order chi connectivity index (χ1) is 8.60. The molecule has 0 bridgehead atoms. The van der Waals surface area contributed by atoms with Crippen molar-refractivity contribution in [1.29, 1.82) is 0 Å². The predicted molar refractivity (Wildman–Crippen MR) is 77.0 cm³/mol. The number of nitro benzene ring substituents is 1. The van der Waals surface area contributed by atoms with Gasteiger partial charge in [0.05, 0.1) is 22.5 Å². The van der Waals surface area contributed by atoms with Crippen LogP contribution in [0.3, 0.4) is 0 Å². The Hall–Kier alpha value is -1.64. The maximum atomic E-state index is 10.6. The normalized spacial score (nSPS) is 10.3. The van der Waals surface area contributed by atoms with Gasteiger partial charge in [0.1, 0.15) is 0 Å². The van der Waals surface area contributed by atoms with Crippen molar-refractivity contribution >= 4 is 39.7 Å². The number of nitrogens with one attached hydrogen (secondary N) is 1. The van der Waals surface area contributed by atoms with Gasteiger partial charge < -0.3 is 5.32 Å². The van der Waals surface area contributed by atoms with Gasteiger partial charge in [0.2, 0.25) is 0 Å². The highest BCUT2D eigenvalue weighted by atomic mass is 127. The summed E-state index contributed by atoms with van der Waals surface area (Å²) in [6, 6.07) is 4.71. The van der Waals surface area contributed by atoms with E-state index in [2.05, 4.69) is 33.0 Å². The number of halogens is 1. The van der Waals surface area contributed by atoms with Gasteiger partial charge in [-0.15, -0.1) is 0 Å². The first-order valence-electron chi connectivity index (χ1n) is 5.33. The fourth-order valence-corrected chi connectivity index (χ4v) is 2.11. The lowest BCUT2D eigenvalue weighted by molar-refractivity contribution is -0.384. The highest BCUT2D eigenvalue weighted by Crippen LogP contribution is 2.26. The quantitative estimate of drug-likeness (QED) is 0.518. The molecule has 0 saturated carbocycles. The monoisotopic (exact) mass is 358 g/mol. The van der Waals surface area contributed by atoms with E-state index in [1.165, 1.54) is 12.1 Å². The third-order valence-electron chi connectivity index (χ3n) is 2.40. The Morgan fingerprint density at radius 2 is 2.33 bits per heavy atom. The molecule has 0 fully saturated rings. The molecular formula is C11H11IN4O2. The van der Waals surface area contributed by atoms with E-state index < -0.39 is 4.92 Å². The summed E-state index contributed by atoms with van der Waals surface area (Å²) >= 11 is 2.07. The molecule has 94 valence electrons. The summed E-state index contributed by atoms with van der Waals surface area (Å²) in [5, 5.41) is 18.0. The summed E-state index contributed by atoms with van der Waals surface area (Å²) in [6.45, 7) is 2.81. The number of non-ortho nitro benzene ring substituents is 1. The third-order valence-corrected chi connectivity index (χ3v) is 3.29. The molecule has 0 saturated heterocycles. The van der Waals surface area contributed by atoms with Crippen molar-refractivity contribution < 1.29 is 4.92 Å². The van der Waals surface area contributed by atoms with Crippen LogP contribution in [0.2, 0.25) is 0 Å². The average molecular weight is 358 g/mol. The summed E-state index contributed by atoms with van der Waals surface area (Å²) in [7, 11) is 0. The lowest BCUT2D eigenvalue weighted by atomic mass is 10.3. The number of hydrogen-bond acceptors (Lipinski definition) is 4. The third kappa shape index (κ3) is 2.78. The van der Waals surface area contributed by atoms with Crippen molar-refractivity contribution in [3.8, 4) is 0 Å². The number of benzene rings is 1. The molecule has 1 aromatic carbocycles. The van der Waals surface area contributed by atoms with Crippen molar-refractivity contribution in [3.63, 3.8) is 0 Å². The largest absolute Gasteiger partial charge is 0.352 e. The van der Waals surface area contributed by atoms with Gasteiger partial charge >= 0.3 is 0 Å². The van der Waals surface area contributed by atoms with Crippen LogP contribution >= 0.6 is 22.6 Å². The molecule has 1 aromatic heterocycles. The van der Waals surface area contributed by atoms with E-state index in [1.807, 2.05) is 13.1 Å². The molecule has 0 radical (unpaired) electrons. The van der Waals surface area contributed by atoms with Crippen LogP contribution in [0.4, 0.5) is 17.1 Å². The van der Waals surface area contributed by atoms with Crippen molar-refractivity contribution in [1.82, 2.24) is 9.78 Å². The number of rotatable bonds is 4. The van der Waals surface area contributed by atoms with Crippen LogP contribution in [-0.2, 0) is 6.54 Å². The molecule has 6 nitrogen and oxygen atoms in total. The number of aromatic nitrogens is 2. The van der Waals surface area contributed by atoms with Crippen LogP contribution in [0.15, 0.2) is 30.6 Å². The lowest BCUT2D eigenvalue weighted by Crippen LogP contribution is -1.95. The first kappa shape index (κ1) is 12.8. The van der Waals surface area contributed by atoms with Gasteiger partial charge in [-0.25, -0.2) is 0 Å². The molecule has 0 amide bonds. The van der Waals surface area contributed by atoms with E-state index in [0.717, 1.165) is 21.5 Å². The SMILES string of the molecule is CCn1cc(Nc2ccc([N+](=O)[O-])cc2I)cn1. The van der Waals surface area contributed by atoms with Crippen LogP contribution < -0.4 is 5.32 Å². The van der Waals surface area contributed by atoms with Crippen molar-refractivity contribution in [3.05, 3.63) is 44.3 Å². The van der Waals surface area contributed by atoms with Gasteiger partial charge in [-0.1, -0.05) is 0 Å². The highest BCUT2D eigenvalue weighted by molar-refractivity contribution is 14.1. The molecule has 1 heterocycles. The van der Waals surface area contributed by atoms with Crippen molar-refractivity contribution in [2.45, 2.75) is 13.5 Å². The molecule has 7 heteroatoms. The van der Waals surface area contributed by atoms with Crippen LogP contribution in [0.5, 0.6) is 0 Å². The number of aryl methyl sites for hydroxylation is 1. The van der Waals surface area contributed by atoms with Gasteiger partial charge in [-0.05, 0) is 35.6 Å². The minimum absolute atomic E-state index is 0.0919. The van der Waals surface area contributed by atoms with Gasteiger partial charge in [0, 0.05) is 28.4 Å². The fourth-order valence-electron chi connectivity index (χ4n) is 1.48. The summed E-state index contributed by atoms with van der Waals surface area (Å²) in [5.41, 5.74) is 1.79. The molecule has 0 spiro atoms. The van der Waals surface area contributed by atoms with E-state index in [1.54, 1.807) is 16.9 Å². The Balaban J connectivity index is 2.21. The minimum Gasteiger partial charge on any atom is -0.352 e. The van der Waals surface area contributed by atoms with E-state index >= 15 is 0 Å². The molecule has 2 aromatic rings. The molecule has 0 aliphatic carbocycles. The van der Waals surface area contributed by atoms with E-state index in [9.17, 15) is 10.1 Å². The standard InChI is InChI=1S/C11H11IN4O2/c1-2-15-7-8(6-13-15)14-11-4-3-9(16(17)18)5-10(11)12/h3-7,14H,2H2,1H3. The molecular weight excluding hydrogens is 347 g/mol. The Bertz CT molecular complexity index is 582. The second-order valence-electron chi connectivity index (χ2n) is 3.63. The molecule has 2 rings (SSSR count). The number of hydrogen-bond donors (Lipinski definition) is 1. The molecule has 1 N–H and O–H groups in total. The van der Waals surface area contributed by atoms with Gasteiger partial charge in [0.15, 0.2) is 0 Å². The zero-order chi connectivity index (χ0) is 13.1. The van der Waals surface area contributed by atoms with Gasteiger partial charge in [-0.3, -0.25) is 14.8 Å². The van der Waals surface area contributed by atoms with Crippen molar-refractivity contribution in [2.24, 2.45) is 0 Å². The zero-order valence-electron chi connectivity index (χ0n) is 9.63. The lowest BCUT2D eigenvalue weighted by Gasteiger charge is -2.05. The second-order valence-corrected chi connectivity index (χ2v) is 4.79. The molecule has 0 aliphatic heterocycles. The van der Waals surface area contributed by atoms with Crippen LogP contribution in [0, 0.1) is 13.7 Å². The van der Waals surface area contributed by atoms with Gasteiger partial charge in [-0.2, -0.15) is 5.10 Å². The van der Waals surface area contributed by atoms with Crippen molar-refractivity contribution in [2.75, 3.05) is 5.32 Å². The van der Waals surface area contributed by atoms with Crippen LogP contribution in [0.1, 0.15) is 6.92 Å².